The number of hydrogen-bond donors (Lipinski definition) is 1. The molecule has 0 aromatic heterocycles. The zero-order valence-electron chi connectivity index (χ0n) is 13.6. The van der Waals surface area contributed by atoms with Crippen molar-refractivity contribution >= 4 is 46.5 Å². The van der Waals surface area contributed by atoms with E-state index in [0.29, 0.717) is 33.0 Å². The number of thiocarbonyl (C=S) groups is 1. The van der Waals surface area contributed by atoms with Gasteiger partial charge < -0.3 is 19.7 Å². The first-order valence-corrected chi connectivity index (χ1v) is 8.92. The van der Waals surface area contributed by atoms with Crippen molar-refractivity contribution in [2.45, 2.75) is 32.5 Å². The maximum absolute atomic E-state index is 12.7. The Hall–Kier alpha value is -1.24. The van der Waals surface area contributed by atoms with Gasteiger partial charge in [0.25, 0.3) is 0 Å². The van der Waals surface area contributed by atoms with E-state index >= 15 is 0 Å². The summed E-state index contributed by atoms with van der Waals surface area (Å²) in [6.45, 7) is 6.43. The van der Waals surface area contributed by atoms with Gasteiger partial charge in [0, 0.05) is 17.1 Å². The van der Waals surface area contributed by atoms with E-state index in [1.54, 1.807) is 19.1 Å². The van der Waals surface area contributed by atoms with E-state index in [9.17, 15) is 4.79 Å². The van der Waals surface area contributed by atoms with Crippen LogP contribution in [0.5, 0.6) is 5.75 Å². The SMILES string of the molecule is CCOC(=O)[C@H]1[C@H]2NC(=S)N(CC)[C@@]1(C)Oc1c(Cl)cc(Cl)cc12. The van der Waals surface area contributed by atoms with E-state index in [0.717, 1.165) is 0 Å². The maximum Gasteiger partial charge on any atom is 0.317 e. The number of nitrogens with one attached hydrogen (secondary N) is 1. The summed E-state index contributed by atoms with van der Waals surface area (Å²) in [7, 11) is 0. The lowest BCUT2D eigenvalue weighted by atomic mass is 9.79. The Balaban J connectivity index is 2.20. The van der Waals surface area contributed by atoms with E-state index in [2.05, 4.69) is 5.32 Å². The number of hydrogen-bond acceptors (Lipinski definition) is 4. The Labute approximate surface area is 156 Å². The maximum atomic E-state index is 12.7. The summed E-state index contributed by atoms with van der Waals surface area (Å²) in [5.74, 6) is -0.436. The quantitative estimate of drug-likeness (QED) is 0.631. The van der Waals surface area contributed by atoms with Crippen molar-refractivity contribution in [3.05, 3.63) is 27.7 Å². The van der Waals surface area contributed by atoms with Crippen molar-refractivity contribution < 1.29 is 14.3 Å². The minimum Gasteiger partial charge on any atom is -0.466 e. The van der Waals surface area contributed by atoms with Crippen LogP contribution >= 0.6 is 35.4 Å². The summed E-state index contributed by atoms with van der Waals surface area (Å²) in [6, 6.07) is 2.96. The van der Waals surface area contributed by atoms with E-state index in [1.165, 1.54) is 0 Å². The molecule has 2 bridgehead atoms. The third-order valence-corrected chi connectivity index (χ3v) is 5.35. The number of esters is 1. The van der Waals surface area contributed by atoms with Crippen molar-refractivity contribution in [3.63, 3.8) is 0 Å². The molecule has 130 valence electrons. The Morgan fingerprint density at radius 3 is 2.79 bits per heavy atom. The molecule has 5 nitrogen and oxygen atoms in total. The molecule has 8 heteroatoms. The molecule has 0 aliphatic carbocycles. The number of benzene rings is 1. The van der Waals surface area contributed by atoms with Crippen LogP contribution in [0.2, 0.25) is 10.0 Å². The van der Waals surface area contributed by atoms with Crippen LogP contribution in [-0.4, -0.2) is 34.9 Å². The lowest BCUT2D eigenvalue weighted by molar-refractivity contribution is -0.174. The summed E-state index contributed by atoms with van der Waals surface area (Å²) in [5, 5.41) is 4.63. The molecule has 0 spiro atoms. The van der Waals surface area contributed by atoms with Gasteiger partial charge in [-0.15, -0.1) is 0 Å². The first-order valence-electron chi connectivity index (χ1n) is 7.76. The third-order valence-electron chi connectivity index (χ3n) is 4.51. The smallest absolute Gasteiger partial charge is 0.317 e. The minimum atomic E-state index is -0.988. The van der Waals surface area contributed by atoms with Crippen LogP contribution in [0.4, 0.5) is 0 Å². The average Bonchev–Trinajstić information content (AvgIpc) is 2.48. The molecular formula is C16H18Cl2N2O3S. The van der Waals surface area contributed by atoms with Gasteiger partial charge in [-0.25, -0.2) is 0 Å². The second-order valence-corrected chi connectivity index (χ2v) is 7.09. The van der Waals surface area contributed by atoms with Gasteiger partial charge in [-0.05, 0) is 45.1 Å². The van der Waals surface area contributed by atoms with Gasteiger partial charge in [-0.1, -0.05) is 23.2 Å². The lowest BCUT2D eigenvalue weighted by Gasteiger charge is -2.55. The van der Waals surface area contributed by atoms with Crippen molar-refractivity contribution in [1.82, 2.24) is 10.2 Å². The number of carbonyl (C=O) groups is 1. The highest BCUT2D eigenvalue weighted by Crippen LogP contribution is 2.51. The predicted molar refractivity (Wildman–Crippen MR) is 96.5 cm³/mol. The van der Waals surface area contributed by atoms with Crippen molar-refractivity contribution in [2.75, 3.05) is 13.2 Å². The number of halogens is 2. The van der Waals surface area contributed by atoms with Crippen LogP contribution in [0, 0.1) is 5.92 Å². The molecule has 0 radical (unpaired) electrons. The van der Waals surface area contributed by atoms with Gasteiger partial charge in [0.15, 0.2) is 10.8 Å². The molecule has 24 heavy (non-hydrogen) atoms. The first-order chi connectivity index (χ1) is 11.3. The number of nitrogens with zero attached hydrogens (tertiary/aromatic N) is 1. The van der Waals surface area contributed by atoms with Crippen LogP contribution in [0.1, 0.15) is 32.4 Å². The number of ether oxygens (including phenoxy) is 2. The van der Waals surface area contributed by atoms with Gasteiger partial charge in [0.1, 0.15) is 11.7 Å². The monoisotopic (exact) mass is 388 g/mol. The molecular weight excluding hydrogens is 371 g/mol. The molecule has 3 atom stereocenters. The Morgan fingerprint density at radius 1 is 1.46 bits per heavy atom. The molecule has 0 amide bonds. The van der Waals surface area contributed by atoms with E-state index < -0.39 is 17.7 Å². The van der Waals surface area contributed by atoms with Gasteiger partial charge in [0.05, 0.1) is 17.7 Å². The van der Waals surface area contributed by atoms with Gasteiger partial charge in [0.2, 0.25) is 0 Å². The molecule has 0 unspecified atom stereocenters. The highest BCUT2D eigenvalue weighted by Gasteiger charge is 2.59. The summed E-state index contributed by atoms with van der Waals surface area (Å²) in [4.78, 5) is 14.5. The molecule has 2 aliphatic rings. The molecule has 2 heterocycles. The minimum absolute atomic E-state index is 0.290. The van der Waals surface area contributed by atoms with Crippen molar-refractivity contribution in [1.29, 1.82) is 0 Å². The normalized spacial score (nSPS) is 27.9. The fourth-order valence-corrected chi connectivity index (χ4v) is 4.50. The van der Waals surface area contributed by atoms with E-state index in [1.807, 2.05) is 18.7 Å². The number of fused-ring (bicyclic) bond motifs is 4. The Bertz CT molecular complexity index is 715. The number of rotatable bonds is 3. The summed E-state index contributed by atoms with van der Waals surface area (Å²) >= 11 is 17.9. The molecule has 1 saturated heterocycles. The van der Waals surface area contributed by atoms with Gasteiger partial charge in [-0.2, -0.15) is 0 Å². The molecule has 1 N–H and O–H groups in total. The molecule has 0 saturated carbocycles. The summed E-state index contributed by atoms with van der Waals surface area (Å²) < 4.78 is 11.5. The molecule has 1 aromatic rings. The molecule has 2 aliphatic heterocycles. The standard InChI is InChI=1S/C16H18Cl2N2O3S/c1-4-20-15(24)19-12-9-6-8(17)7-10(18)13(9)23-16(20,3)11(12)14(21)22-5-2/h6-7,11-12H,4-5H2,1-3H3,(H,19,24)/t11-,12+,16+/m1/s1. The van der Waals surface area contributed by atoms with Gasteiger partial charge >= 0.3 is 5.97 Å². The van der Waals surface area contributed by atoms with E-state index in [4.69, 9.17) is 44.9 Å². The van der Waals surface area contributed by atoms with Crippen LogP contribution in [0.25, 0.3) is 0 Å². The Morgan fingerprint density at radius 2 is 2.17 bits per heavy atom. The van der Waals surface area contributed by atoms with Crippen LogP contribution in [0.15, 0.2) is 12.1 Å². The Kier molecular flexibility index (Phi) is 4.57. The van der Waals surface area contributed by atoms with Crippen molar-refractivity contribution in [2.24, 2.45) is 5.92 Å². The molecule has 3 rings (SSSR count). The predicted octanol–water partition coefficient (Wildman–Crippen LogP) is 3.53. The van der Waals surface area contributed by atoms with Crippen LogP contribution in [-0.2, 0) is 9.53 Å². The zero-order chi connectivity index (χ0) is 17.6. The van der Waals surface area contributed by atoms with Crippen molar-refractivity contribution in [3.8, 4) is 5.75 Å². The second kappa shape index (κ2) is 6.24. The van der Waals surface area contributed by atoms with Crippen LogP contribution < -0.4 is 10.1 Å². The highest BCUT2D eigenvalue weighted by atomic mass is 35.5. The first kappa shape index (κ1) is 17.6. The number of carbonyl (C=O) groups excluding carboxylic acids is 1. The fraction of sp³-hybridized carbons (Fsp3) is 0.500. The van der Waals surface area contributed by atoms with Crippen LogP contribution in [0.3, 0.4) is 0 Å². The summed E-state index contributed by atoms with van der Waals surface area (Å²) in [5.41, 5.74) is -0.278. The fourth-order valence-electron chi connectivity index (χ4n) is 3.52. The zero-order valence-corrected chi connectivity index (χ0v) is 15.9. The highest BCUT2D eigenvalue weighted by molar-refractivity contribution is 7.80. The second-order valence-electron chi connectivity index (χ2n) is 5.86. The average molecular weight is 389 g/mol. The van der Waals surface area contributed by atoms with Gasteiger partial charge in [-0.3, -0.25) is 4.79 Å². The lowest BCUT2D eigenvalue weighted by Crippen LogP contribution is -2.71. The third kappa shape index (κ3) is 2.52. The van der Waals surface area contributed by atoms with E-state index in [-0.39, 0.29) is 12.6 Å². The summed E-state index contributed by atoms with van der Waals surface area (Å²) in [6.07, 6.45) is 0. The largest absolute Gasteiger partial charge is 0.466 e. The molecule has 1 fully saturated rings. The molecule has 1 aromatic carbocycles. The topological polar surface area (TPSA) is 50.8 Å².